The standard InChI is InChI=1S/C15H26N4O/c1-4-19-10-13(16)14(17-19)15(20)18-8-5-6-12(7-9-18)11(2)3/h10-12H,4-9,16H2,1-3H3. The van der Waals surface area contributed by atoms with Crippen molar-refractivity contribution < 1.29 is 4.79 Å². The van der Waals surface area contributed by atoms with Gasteiger partial charge < -0.3 is 10.6 Å². The smallest absolute Gasteiger partial charge is 0.276 e. The molecule has 1 atom stereocenters. The van der Waals surface area contributed by atoms with E-state index < -0.39 is 0 Å². The molecular weight excluding hydrogens is 252 g/mol. The zero-order chi connectivity index (χ0) is 14.7. The number of aryl methyl sites for hydroxylation is 1. The first-order valence-electron chi connectivity index (χ1n) is 7.65. The molecular formula is C15H26N4O. The Hall–Kier alpha value is -1.52. The minimum absolute atomic E-state index is 0.0147. The van der Waals surface area contributed by atoms with Crippen LogP contribution in [-0.4, -0.2) is 33.7 Å². The van der Waals surface area contributed by atoms with Crippen LogP contribution in [0, 0.1) is 11.8 Å². The fourth-order valence-electron chi connectivity index (χ4n) is 2.91. The number of aromatic nitrogens is 2. The van der Waals surface area contributed by atoms with E-state index in [1.807, 2.05) is 11.8 Å². The quantitative estimate of drug-likeness (QED) is 0.923. The fourth-order valence-corrected chi connectivity index (χ4v) is 2.91. The molecule has 2 heterocycles. The average Bonchev–Trinajstić information content (AvgIpc) is 2.64. The zero-order valence-corrected chi connectivity index (χ0v) is 12.8. The highest BCUT2D eigenvalue weighted by molar-refractivity contribution is 5.97. The molecule has 0 bridgehead atoms. The highest BCUT2D eigenvalue weighted by Gasteiger charge is 2.25. The summed E-state index contributed by atoms with van der Waals surface area (Å²) in [4.78, 5) is 14.5. The van der Waals surface area contributed by atoms with E-state index in [9.17, 15) is 4.79 Å². The summed E-state index contributed by atoms with van der Waals surface area (Å²) in [6.45, 7) is 8.89. The van der Waals surface area contributed by atoms with Gasteiger partial charge in [0.15, 0.2) is 5.69 Å². The number of rotatable bonds is 3. The third-order valence-electron chi connectivity index (χ3n) is 4.32. The van der Waals surface area contributed by atoms with Gasteiger partial charge in [-0.05, 0) is 38.0 Å². The molecule has 5 nitrogen and oxygen atoms in total. The van der Waals surface area contributed by atoms with E-state index in [1.54, 1.807) is 10.9 Å². The molecule has 1 fully saturated rings. The van der Waals surface area contributed by atoms with Gasteiger partial charge in [0.05, 0.1) is 5.69 Å². The van der Waals surface area contributed by atoms with Crippen LogP contribution in [0.25, 0.3) is 0 Å². The third-order valence-corrected chi connectivity index (χ3v) is 4.32. The van der Waals surface area contributed by atoms with Crippen LogP contribution in [0.15, 0.2) is 6.20 Å². The van der Waals surface area contributed by atoms with Crippen LogP contribution in [0.4, 0.5) is 5.69 Å². The number of nitrogens with zero attached hydrogens (tertiary/aromatic N) is 3. The van der Waals surface area contributed by atoms with Gasteiger partial charge in [-0.15, -0.1) is 0 Å². The van der Waals surface area contributed by atoms with E-state index in [4.69, 9.17) is 5.73 Å². The molecule has 0 spiro atoms. The second-order valence-electron chi connectivity index (χ2n) is 6.02. The Kier molecular flexibility index (Phi) is 4.68. The molecule has 0 saturated carbocycles. The molecule has 1 aromatic rings. The Morgan fingerprint density at radius 3 is 2.80 bits per heavy atom. The van der Waals surface area contributed by atoms with Gasteiger partial charge in [-0.25, -0.2) is 0 Å². The van der Waals surface area contributed by atoms with Crippen LogP contribution in [0.3, 0.4) is 0 Å². The normalized spacial score (nSPS) is 20.2. The van der Waals surface area contributed by atoms with Crippen LogP contribution in [-0.2, 0) is 6.54 Å². The van der Waals surface area contributed by atoms with Crippen molar-refractivity contribution in [3.05, 3.63) is 11.9 Å². The first-order valence-corrected chi connectivity index (χ1v) is 7.65. The van der Waals surface area contributed by atoms with E-state index in [0.29, 0.717) is 17.3 Å². The molecule has 112 valence electrons. The monoisotopic (exact) mass is 278 g/mol. The molecule has 1 aromatic heterocycles. The lowest BCUT2D eigenvalue weighted by Crippen LogP contribution is -2.33. The summed E-state index contributed by atoms with van der Waals surface area (Å²) in [7, 11) is 0. The fraction of sp³-hybridized carbons (Fsp3) is 0.733. The van der Waals surface area contributed by atoms with Crippen molar-refractivity contribution in [3.63, 3.8) is 0 Å². The molecule has 5 heteroatoms. The summed E-state index contributed by atoms with van der Waals surface area (Å²) in [5.41, 5.74) is 6.81. The Morgan fingerprint density at radius 2 is 2.20 bits per heavy atom. The van der Waals surface area contributed by atoms with E-state index in [2.05, 4.69) is 18.9 Å². The first kappa shape index (κ1) is 14.9. The maximum Gasteiger partial charge on any atom is 0.276 e. The third kappa shape index (κ3) is 3.14. The summed E-state index contributed by atoms with van der Waals surface area (Å²) in [6.07, 6.45) is 5.10. The molecule has 1 aliphatic rings. The second-order valence-corrected chi connectivity index (χ2v) is 6.02. The molecule has 1 aliphatic heterocycles. The van der Waals surface area contributed by atoms with Gasteiger partial charge in [-0.2, -0.15) is 5.10 Å². The molecule has 0 aromatic carbocycles. The largest absolute Gasteiger partial charge is 0.396 e. The van der Waals surface area contributed by atoms with Crippen molar-refractivity contribution in [3.8, 4) is 0 Å². The van der Waals surface area contributed by atoms with E-state index in [-0.39, 0.29) is 5.91 Å². The Morgan fingerprint density at radius 1 is 1.45 bits per heavy atom. The number of nitrogens with two attached hydrogens (primary N) is 1. The van der Waals surface area contributed by atoms with Crippen molar-refractivity contribution in [1.29, 1.82) is 0 Å². The number of likely N-dealkylation sites (tertiary alicyclic amines) is 1. The van der Waals surface area contributed by atoms with Gasteiger partial charge >= 0.3 is 0 Å². The Bertz CT molecular complexity index is 466. The molecule has 20 heavy (non-hydrogen) atoms. The second kappa shape index (κ2) is 6.29. The zero-order valence-electron chi connectivity index (χ0n) is 12.8. The van der Waals surface area contributed by atoms with Gasteiger partial charge in [-0.1, -0.05) is 13.8 Å². The average molecular weight is 278 g/mol. The summed E-state index contributed by atoms with van der Waals surface area (Å²) in [6, 6.07) is 0. The molecule has 2 N–H and O–H groups in total. The molecule has 0 radical (unpaired) electrons. The summed E-state index contributed by atoms with van der Waals surface area (Å²) in [5.74, 6) is 1.40. The lowest BCUT2D eigenvalue weighted by atomic mass is 9.89. The van der Waals surface area contributed by atoms with E-state index in [0.717, 1.165) is 38.4 Å². The van der Waals surface area contributed by atoms with Gasteiger partial charge in [0.2, 0.25) is 0 Å². The van der Waals surface area contributed by atoms with Crippen molar-refractivity contribution in [2.45, 2.75) is 46.6 Å². The Labute approximate surface area is 121 Å². The van der Waals surface area contributed by atoms with Crippen LogP contribution in [0.1, 0.15) is 50.5 Å². The van der Waals surface area contributed by atoms with Crippen LogP contribution >= 0.6 is 0 Å². The molecule has 1 saturated heterocycles. The van der Waals surface area contributed by atoms with Gasteiger partial charge in [0, 0.05) is 25.8 Å². The van der Waals surface area contributed by atoms with Gasteiger partial charge in [0.25, 0.3) is 5.91 Å². The number of carbonyl (C=O) groups is 1. The summed E-state index contributed by atoms with van der Waals surface area (Å²) < 4.78 is 1.72. The van der Waals surface area contributed by atoms with Crippen molar-refractivity contribution in [1.82, 2.24) is 14.7 Å². The van der Waals surface area contributed by atoms with Gasteiger partial charge in [0.1, 0.15) is 0 Å². The maximum absolute atomic E-state index is 12.5. The van der Waals surface area contributed by atoms with Crippen molar-refractivity contribution in [2.24, 2.45) is 11.8 Å². The minimum atomic E-state index is -0.0147. The topological polar surface area (TPSA) is 64.2 Å². The van der Waals surface area contributed by atoms with Crippen molar-refractivity contribution >= 4 is 11.6 Å². The highest BCUT2D eigenvalue weighted by atomic mass is 16.2. The van der Waals surface area contributed by atoms with E-state index >= 15 is 0 Å². The lowest BCUT2D eigenvalue weighted by Gasteiger charge is -2.21. The lowest BCUT2D eigenvalue weighted by molar-refractivity contribution is 0.0753. The van der Waals surface area contributed by atoms with Crippen molar-refractivity contribution in [2.75, 3.05) is 18.8 Å². The number of carbonyl (C=O) groups excluding carboxylic acids is 1. The number of nitrogen functional groups attached to an aromatic ring is 1. The first-order chi connectivity index (χ1) is 9.52. The van der Waals surface area contributed by atoms with Gasteiger partial charge in [-0.3, -0.25) is 9.48 Å². The number of hydrogen-bond acceptors (Lipinski definition) is 3. The number of hydrogen-bond donors (Lipinski definition) is 1. The van der Waals surface area contributed by atoms with Crippen LogP contribution in [0.2, 0.25) is 0 Å². The predicted octanol–water partition coefficient (Wildman–Crippen LogP) is 2.38. The maximum atomic E-state index is 12.5. The van der Waals surface area contributed by atoms with E-state index in [1.165, 1.54) is 6.42 Å². The molecule has 1 unspecified atom stereocenters. The van der Waals surface area contributed by atoms with Crippen LogP contribution in [0.5, 0.6) is 0 Å². The Balaban J connectivity index is 2.07. The summed E-state index contributed by atoms with van der Waals surface area (Å²) in [5, 5.41) is 4.29. The molecule has 2 rings (SSSR count). The molecule has 1 amide bonds. The predicted molar refractivity (Wildman–Crippen MR) is 80.4 cm³/mol. The SMILES string of the molecule is CCn1cc(N)c(C(=O)N2CCCC(C(C)C)CC2)n1. The molecule has 0 aliphatic carbocycles. The minimum Gasteiger partial charge on any atom is -0.396 e. The van der Waals surface area contributed by atoms with Crippen LogP contribution < -0.4 is 5.73 Å². The summed E-state index contributed by atoms with van der Waals surface area (Å²) >= 11 is 0. The highest BCUT2D eigenvalue weighted by Crippen LogP contribution is 2.25. The number of anilines is 1. The number of amides is 1.